The van der Waals surface area contributed by atoms with Crippen molar-refractivity contribution in [3.05, 3.63) is 80.8 Å². The van der Waals surface area contributed by atoms with Crippen molar-refractivity contribution in [2.24, 2.45) is 16.8 Å². The van der Waals surface area contributed by atoms with Gasteiger partial charge in [0.25, 0.3) is 0 Å². The number of aliphatic carboxylic acids is 1. The molecule has 2 aromatic rings. The third-order valence-electron chi connectivity index (χ3n) is 8.70. The number of nitrogens with one attached hydrogen (secondary N) is 1. The summed E-state index contributed by atoms with van der Waals surface area (Å²) in [5.41, 5.74) is -1.21. The minimum Gasteiger partial charge on any atom is -0.481 e. The Hall–Kier alpha value is -3.56. The lowest BCUT2D eigenvalue weighted by molar-refractivity contribution is -0.145. The van der Waals surface area contributed by atoms with E-state index in [2.05, 4.69) is 10.3 Å². The van der Waals surface area contributed by atoms with Crippen LogP contribution in [0.15, 0.2) is 40.5 Å². The van der Waals surface area contributed by atoms with E-state index in [-0.39, 0.29) is 62.2 Å². The summed E-state index contributed by atoms with van der Waals surface area (Å²) in [7, 11) is -3.93. The molecular formula is C30H29ClF5N3O6S. The number of piperidine rings is 1. The number of aliphatic imine (C=N–C) groups is 1. The van der Waals surface area contributed by atoms with Crippen molar-refractivity contribution in [1.82, 2.24) is 9.62 Å². The highest BCUT2D eigenvalue weighted by Gasteiger charge is 2.55. The number of sulfonamides is 1. The normalized spacial score (nSPS) is 24.2. The van der Waals surface area contributed by atoms with Gasteiger partial charge >= 0.3 is 11.9 Å². The molecule has 1 atom stereocenters. The monoisotopic (exact) mass is 689 g/mol. The molecule has 1 saturated heterocycles. The van der Waals surface area contributed by atoms with Gasteiger partial charge in [-0.1, -0.05) is 17.7 Å². The number of ether oxygens (including phenoxy) is 1. The molecule has 0 aromatic heterocycles. The van der Waals surface area contributed by atoms with Crippen LogP contribution in [0.25, 0.3) is 0 Å². The largest absolute Gasteiger partial charge is 0.481 e. The van der Waals surface area contributed by atoms with Crippen molar-refractivity contribution in [2.75, 3.05) is 19.7 Å². The summed E-state index contributed by atoms with van der Waals surface area (Å²) in [6.07, 6.45) is 0.0802. The van der Waals surface area contributed by atoms with Gasteiger partial charge in [0.1, 0.15) is 29.3 Å². The molecule has 1 saturated carbocycles. The molecular weight excluding hydrogens is 661 g/mol. The van der Waals surface area contributed by atoms with Gasteiger partial charge in [0.15, 0.2) is 11.6 Å². The zero-order valence-corrected chi connectivity index (χ0v) is 26.1. The molecule has 1 aliphatic carbocycles. The molecule has 0 spiro atoms. The third kappa shape index (κ3) is 5.88. The first-order valence-corrected chi connectivity index (χ1v) is 16.2. The molecule has 46 heavy (non-hydrogen) atoms. The van der Waals surface area contributed by atoms with E-state index in [1.54, 1.807) is 0 Å². The number of esters is 1. The van der Waals surface area contributed by atoms with Gasteiger partial charge in [0, 0.05) is 42.4 Å². The minimum atomic E-state index is -3.93. The second kappa shape index (κ2) is 12.6. The van der Waals surface area contributed by atoms with Crippen LogP contribution in [0.3, 0.4) is 0 Å². The first-order chi connectivity index (χ1) is 21.6. The molecule has 1 unspecified atom stereocenters. The number of amidine groups is 1. The number of carboxylic acids is 1. The van der Waals surface area contributed by atoms with E-state index in [0.29, 0.717) is 12.1 Å². The number of carboxylic acid groups (broad SMARTS) is 1. The summed E-state index contributed by atoms with van der Waals surface area (Å²) in [5.74, 6) is -10.6. The van der Waals surface area contributed by atoms with E-state index in [9.17, 15) is 36.3 Å². The van der Waals surface area contributed by atoms with Crippen LogP contribution in [0.4, 0.5) is 22.0 Å². The van der Waals surface area contributed by atoms with Gasteiger partial charge < -0.3 is 15.2 Å². The Morgan fingerprint density at radius 1 is 1.09 bits per heavy atom. The highest BCUT2D eigenvalue weighted by atomic mass is 35.5. The molecule has 0 amide bonds. The summed E-state index contributed by atoms with van der Waals surface area (Å²) >= 11 is 6.16. The summed E-state index contributed by atoms with van der Waals surface area (Å²) in [6.45, 7) is 2.79. The average molecular weight is 690 g/mol. The summed E-state index contributed by atoms with van der Waals surface area (Å²) in [4.78, 5) is 29.0. The predicted octanol–water partition coefficient (Wildman–Crippen LogP) is 5.24. The number of nitrogens with zero attached hydrogens (tertiary/aromatic N) is 2. The predicted molar refractivity (Wildman–Crippen MR) is 156 cm³/mol. The Labute approximate surface area is 266 Å². The topological polar surface area (TPSA) is 125 Å². The zero-order valence-electron chi connectivity index (χ0n) is 24.6. The van der Waals surface area contributed by atoms with Crippen molar-refractivity contribution in [2.45, 2.75) is 50.3 Å². The number of hydrogen-bond donors (Lipinski definition) is 2. The first kappa shape index (κ1) is 33.8. The lowest BCUT2D eigenvalue weighted by Gasteiger charge is -2.46. The van der Waals surface area contributed by atoms with E-state index in [1.807, 2.05) is 0 Å². The SMILES string of the molecule is CCOC(=O)C1=C(C2CCN(S(=O)(=O)C3(C)CC(C(=O)O)C3)CC2)NC(c2c(F)cc(F)cc2F)=NC1c1ccc(F)c(F)c1Cl. The van der Waals surface area contributed by atoms with Gasteiger partial charge in [-0.05, 0) is 45.6 Å². The molecule has 248 valence electrons. The van der Waals surface area contributed by atoms with Gasteiger partial charge in [0.2, 0.25) is 10.0 Å². The average Bonchev–Trinajstić information content (AvgIpc) is 2.97. The lowest BCUT2D eigenvalue weighted by Crippen LogP contribution is -2.57. The molecule has 2 N–H and O–H groups in total. The van der Waals surface area contributed by atoms with E-state index in [4.69, 9.17) is 16.3 Å². The standard InChI is InChI=1S/C30H29ClF5N3O6S/c1-3-45-29(42)22-25(14-6-8-39(9-7-14)46(43,44)30(2)12-15(13-30)28(40)41)37-27(21-19(34)10-16(32)11-20(21)35)38-26(22)17-4-5-18(33)24(36)23(17)31/h4-5,10-11,14-15,26H,3,6-9,12-13H2,1-2H3,(H,37,38)(H,40,41). The van der Waals surface area contributed by atoms with E-state index in [1.165, 1.54) is 18.2 Å². The molecule has 16 heteroatoms. The van der Waals surface area contributed by atoms with Crippen LogP contribution in [-0.2, 0) is 24.3 Å². The molecule has 2 fully saturated rings. The van der Waals surface area contributed by atoms with Crippen molar-refractivity contribution in [3.8, 4) is 0 Å². The maximum absolute atomic E-state index is 15.0. The number of hydrogen-bond acceptors (Lipinski definition) is 7. The fourth-order valence-corrected chi connectivity index (χ4v) is 8.65. The highest BCUT2D eigenvalue weighted by Crippen LogP contribution is 2.47. The maximum atomic E-state index is 15.0. The van der Waals surface area contributed by atoms with Gasteiger partial charge in [-0.3, -0.25) is 9.79 Å². The third-order valence-corrected chi connectivity index (χ3v) is 11.7. The molecule has 2 aliphatic heterocycles. The molecule has 3 aliphatic rings. The summed E-state index contributed by atoms with van der Waals surface area (Å²) in [5, 5.41) is 11.3. The number of carbonyl (C=O) groups excluding carboxylic acids is 1. The maximum Gasteiger partial charge on any atom is 0.338 e. The Balaban J connectivity index is 1.57. The number of halogens is 6. The van der Waals surface area contributed by atoms with Crippen LogP contribution in [0.5, 0.6) is 0 Å². The Morgan fingerprint density at radius 3 is 2.26 bits per heavy atom. The van der Waals surface area contributed by atoms with Crippen molar-refractivity contribution >= 4 is 39.4 Å². The van der Waals surface area contributed by atoms with E-state index < -0.39 is 90.1 Å². The van der Waals surface area contributed by atoms with Gasteiger partial charge in [-0.25, -0.2) is 39.5 Å². The quantitative estimate of drug-likeness (QED) is 0.221. The van der Waals surface area contributed by atoms with Crippen LogP contribution in [0.2, 0.25) is 5.02 Å². The fraction of sp³-hybridized carbons (Fsp3) is 0.433. The van der Waals surface area contributed by atoms with E-state index in [0.717, 1.165) is 12.1 Å². The molecule has 2 aromatic carbocycles. The molecule has 5 rings (SSSR count). The first-order valence-electron chi connectivity index (χ1n) is 14.4. The number of allylic oxidation sites excluding steroid dienone is 1. The minimum absolute atomic E-state index is 0.0372. The highest BCUT2D eigenvalue weighted by molar-refractivity contribution is 7.90. The Bertz CT molecular complexity index is 1750. The summed E-state index contributed by atoms with van der Waals surface area (Å²) < 4.78 is 105. The van der Waals surface area contributed by atoms with Crippen LogP contribution in [0, 0.1) is 40.9 Å². The van der Waals surface area contributed by atoms with E-state index >= 15 is 8.78 Å². The second-order valence-corrected chi connectivity index (χ2v) is 14.5. The molecule has 2 heterocycles. The number of rotatable bonds is 8. The van der Waals surface area contributed by atoms with Gasteiger partial charge in [-0.15, -0.1) is 0 Å². The van der Waals surface area contributed by atoms with Crippen LogP contribution >= 0.6 is 11.6 Å². The van der Waals surface area contributed by atoms with Crippen LogP contribution < -0.4 is 5.32 Å². The number of benzene rings is 2. The number of carbonyl (C=O) groups is 2. The zero-order chi connectivity index (χ0) is 33.7. The Morgan fingerprint density at radius 2 is 1.70 bits per heavy atom. The lowest BCUT2D eigenvalue weighted by atomic mass is 9.75. The Kier molecular flexibility index (Phi) is 9.23. The van der Waals surface area contributed by atoms with Gasteiger partial charge in [-0.2, -0.15) is 0 Å². The van der Waals surface area contributed by atoms with Crippen LogP contribution in [-0.4, -0.2) is 60.0 Å². The van der Waals surface area contributed by atoms with Crippen molar-refractivity contribution < 1.29 is 49.8 Å². The van der Waals surface area contributed by atoms with Crippen molar-refractivity contribution in [1.29, 1.82) is 0 Å². The molecule has 0 radical (unpaired) electrons. The van der Waals surface area contributed by atoms with Gasteiger partial charge in [0.05, 0.1) is 33.4 Å². The molecule has 9 nitrogen and oxygen atoms in total. The second-order valence-electron chi connectivity index (χ2n) is 11.6. The fourth-order valence-electron chi connectivity index (χ4n) is 6.26. The molecule has 0 bridgehead atoms. The van der Waals surface area contributed by atoms with Crippen molar-refractivity contribution in [3.63, 3.8) is 0 Å². The summed E-state index contributed by atoms with van der Waals surface area (Å²) in [6, 6.07) is 1.08. The van der Waals surface area contributed by atoms with Crippen LogP contribution in [0.1, 0.15) is 56.7 Å². The smallest absolute Gasteiger partial charge is 0.338 e.